The fourth-order valence-electron chi connectivity index (χ4n) is 4.12. The molecule has 11 heteroatoms. The first-order chi connectivity index (χ1) is 18.1. The first-order valence-corrected chi connectivity index (χ1v) is 12.9. The zero-order valence-electron chi connectivity index (χ0n) is 21.0. The first kappa shape index (κ1) is 27.5. The number of fused-ring (bicyclic) bond motifs is 1. The van der Waals surface area contributed by atoms with Crippen molar-refractivity contribution in [3.8, 4) is 28.5 Å². The summed E-state index contributed by atoms with van der Waals surface area (Å²) in [5.41, 5.74) is 1.55. The summed E-state index contributed by atoms with van der Waals surface area (Å²) >= 11 is 7.06. The lowest BCUT2D eigenvalue weighted by atomic mass is 9.96. The molecular formula is C27H25ClF2N2O5S. The number of methoxy groups -OCH3 is 1. The van der Waals surface area contributed by atoms with Crippen molar-refractivity contribution < 1.29 is 32.9 Å². The maximum absolute atomic E-state index is 14.9. The number of thiophene rings is 1. The van der Waals surface area contributed by atoms with Gasteiger partial charge in [0.15, 0.2) is 0 Å². The molecule has 200 valence electrons. The molecule has 0 unspecified atom stereocenters. The number of hydrogen-bond donors (Lipinski definition) is 1. The van der Waals surface area contributed by atoms with E-state index in [4.69, 9.17) is 25.8 Å². The van der Waals surface area contributed by atoms with Crippen molar-refractivity contribution in [1.29, 1.82) is 0 Å². The molecule has 0 spiro atoms. The van der Waals surface area contributed by atoms with Gasteiger partial charge in [0.1, 0.15) is 22.7 Å². The van der Waals surface area contributed by atoms with Crippen molar-refractivity contribution in [3.05, 3.63) is 63.8 Å². The van der Waals surface area contributed by atoms with E-state index in [-0.39, 0.29) is 50.3 Å². The molecule has 1 N–H and O–H groups in total. The van der Waals surface area contributed by atoms with Crippen LogP contribution < -0.4 is 9.47 Å². The number of phenolic OH excluding ortho intramolecular Hbond substituents is 1. The molecule has 0 fully saturated rings. The second-order valence-electron chi connectivity index (χ2n) is 8.50. The largest absolute Gasteiger partial charge is 0.506 e. The SMILES string of the molecule is CCOC(=O)[C@@H](Cc1ccccc1OC)Oc1ncnc2sc(C(C)(F)F)c(-c3ccc(O)c(Cl)c3C)c12. The van der Waals surface area contributed by atoms with Gasteiger partial charge in [-0.2, -0.15) is 0 Å². The molecular weight excluding hydrogens is 538 g/mol. The van der Waals surface area contributed by atoms with Crippen LogP contribution in [0.2, 0.25) is 5.02 Å². The van der Waals surface area contributed by atoms with Gasteiger partial charge in [-0.3, -0.25) is 0 Å². The molecule has 0 aliphatic carbocycles. The molecule has 1 atom stereocenters. The van der Waals surface area contributed by atoms with Crippen LogP contribution in [0, 0.1) is 6.92 Å². The minimum Gasteiger partial charge on any atom is -0.506 e. The van der Waals surface area contributed by atoms with Gasteiger partial charge < -0.3 is 19.3 Å². The Kier molecular flexibility index (Phi) is 8.03. The smallest absolute Gasteiger partial charge is 0.347 e. The second kappa shape index (κ2) is 11.1. The number of aromatic hydroxyl groups is 1. The minimum atomic E-state index is -3.24. The number of rotatable bonds is 9. The Hall–Kier alpha value is -3.50. The summed E-state index contributed by atoms with van der Waals surface area (Å²) in [6.07, 6.45) is 0.110. The molecule has 4 rings (SSSR count). The molecule has 0 bridgehead atoms. The van der Waals surface area contributed by atoms with Gasteiger partial charge in [0.25, 0.3) is 5.92 Å². The van der Waals surface area contributed by atoms with Crippen molar-refractivity contribution in [2.75, 3.05) is 13.7 Å². The highest BCUT2D eigenvalue weighted by molar-refractivity contribution is 7.19. The number of ether oxygens (including phenoxy) is 3. The van der Waals surface area contributed by atoms with Gasteiger partial charge in [-0.15, -0.1) is 11.3 Å². The van der Waals surface area contributed by atoms with E-state index in [0.29, 0.717) is 22.4 Å². The Morgan fingerprint density at radius 3 is 2.63 bits per heavy atom. The summed E-state index contributed by atoms with van der Waals surface area (Å²) in [5, 5.41) is 10.3. The second-order valence-corrected chi connectivity index (χ2v) is 9.88. The van der Waals surface area contributed by atoms with E-state index < -0.39 is 18.0 Å². The predicted molar refractivity (Wildman–Crippen MR) is 142 cm³/mol. The monoisotopic (exact) mass is 562 g/mol. The maximum Gasteiger partial charge on any atom is 0.347 e. The topological polar surface area (TPSA) is 90.8 Å². The minimum absolute atomic E-state index is 0.0344. The molecule has 4 aromatic rings. The van der Waals surface area contributed by atoms with Gasteiger partial charge in [-0.05, 0) is 42.7 Å². The number of hydrogen-bond acceptors (Lipinski definition) is 8. The van der Waals surface area contributed by atoms with Crippen molar-refractivity contribution in [2.45, 2.75) is 39.2 Å². The van der Waals surface area contributed by atoms with Gasteiger partial charge in [0.2, 0.25) is 12.0 Å². The average Bonchev–Trinajstić information content (AvgIpc) is 3.28. The maximum atomic E-state index is 14.9. The third-order valence-corrected chi connectivity index (χ3v) is 7.64. The zero-order chi connectivity index (χ0) is 27.6. The number of aromatic nitrogens is 2. The van der Waals surface area contributed by atoms with Crippen LogP contribution >= 0.6 is 22.9 Å². The zero-order valence-corrected chi connectivity index (χ0v) is 22.6. The number of halogens is 3. The van der Waals surface area contributed by atoms with Crippen LogP contribution in [0.25, 0.3) is 21.3 Å². The van der Waals surface area contributed by atoms with Gasteiger partial charge in [-0.1, -0.05) is 35.9 Å². The van der Waals surface area contributed by atoms with Crippen LogP contribution in [-0.4, -0.2) is 40.9 Å². The van der Waals surface area contributed by atoms with Crippen LogP contribution in [0.15, 0.2) is 42.7 Å². The fraction of sp³-hybridized carbons (Fsp3) is 0.296. The Bertz CT molecular complexity index is 1490. The molecule has 0 amide bonds. The molecule has 0 aliphatic heterocycles. The van der Waals surface area contributed by atoms with Crippen molar-refractivity contribution >= 4 is 39.1 Å². The number of nitrogens with zero attached hydrogens (tertiary/aromatic N) is 2. The van der Waals surface area contributed by atoms with Crippen LogP contribution in [0.5, 0.6) is 17.4 Å². The Morgan fingerprint density at radius 1 is 1.21 bits per heavy atom. The third kappa shape index (κ3) is 5.37. The highest BCUT2D eigenvalue weighted by atomic mass is 35.5. The van der Waals surface area contributed by atoms with E-state index >= 15 is 0 Å². The van der Waals surface area contributed by atoms with Crippen LogP contribution in [0.3, 0.4) is 0 Å². The van der Waals surface area contributed by atoms with E-state index in [1.54, 1.807) is 38.1 Å². The molecule has 38 heavy (non-hydrogen) atoms. The Morgan fingerprint density at radius 2 is 1.95 bits per heavy atom. The third-order valence-electron chi connectivity index (χ3n) is 5.89. The van der Waals surface area contributed by atoms with Gasteiger partial charge in [-0.25, -0.2) is 23.5 Å². The van der Waals surface area contributed by atoms with Gasteiger partial charge in [0, 0.05) is 18.9 Å². The number of alkyl halides is 2. The van der Waals surface area contributed by atoms with Gasteiger partial charge in [0.05, 0.1) is 29.0 Å². The highest BCUT2D eigenvalue weighted by Gasteiger charge is 2.35. The van der Waals surface area contributed by atoms with E-state index in [9.17, 15) is 18.7 Å². The van der Waals surface area contributed by atoms with Crippen molar-refractivity contribution in [2.24, 2.45) is 0 Å². The molecule has 0 saturated carbocycles. The molecule has 0 aliphatic rings. The highest BCUT2D eigenvalue weighted by Crippen LogP contribution is 2.50. The Labute approximate surface area is 227 Å². The van der Waals surface area contributed by atoms with Crippen molar-refractivity contribution in [1.82, 2.24) is 9.97 Å². The van der Waals surface area contributed by atoms with Crippen molar-refractivity contribution in [3.63, 3.8) is 0 Å². The summed E-state index contributed by atoms with van der Waals surface area (Å²) in [5.74, 6) is -3.58. The molecule has 0 radical (unpaired) electrons. The van der Waals surface area contributed by atoms with Crippen LogP contribution in [0.4, 0.5) is 8.78 Å². The lowest BCUT2D eigenvalue weighted by molar-refractivity contribution is -0.151. The lowest BCUT2D eigenvalue weighted by Gasteiger charge is -2.20. The molecule has 2 aromatic heterocycles. The molecule has 2 aromatic carbocycles. The number of esters is 1. The summed E-state index contributed by atoms with van der Waals surface area (Å²) in [4.78, 5) is 21.4. The molecule has 2 heterocycles. The van der Waals surface area contributed by atoms with E-state index in [1.807, 2.05) is 0 Å². The fourth-order valence-corrected chi connectivity index (χ4v) is 5.36. The number of para-hydroxylation sites is 1. The number of carbonyl (C=O) groups excluding carboxylic acids is 1. The van der Waals surface area contributed by atoms with Gasteiger partial charge >= 0.3 is 5.97 Å². The molecule has 0 saturated heterocycles. The Balaban J connectivity index is 1.91. The number of phenols is 1. The predicted octanol–water partition coefficient (Wildman–Crippen LogP) is 6.70. The number of carbonyl (C=O) groups is 1. The summed E-state index contributed by atoms with van der Waals surface area (Å²) in [6.45, 7) is 4.19. The lowest BCUT2D eigenvalue weighted by Crippen LogP contribution is -2.32. The van der Waals surface area contributed by atoms with E-state index in [0.717, 1.165) is 18.3 Å². The summed E-state index contributed by atoms with van der Waals surface area (Å²) in [7, 11) is 1.52. The quantitative estimate of drug-likeness (QED) is 0.227. The molecule has 7 nitrogen and oxygen atoms in total. The van der Waals surface area contributed by atoms with E-state index in [2.05, 4.69) is 9.97 Å². The standard InChI is InChI=1S/C27H25ClF2N2O5S/c1-5-36-26(34)19(12-15-8-6-7-9-18(15)35-4)37-24-21-20(16-10-11-17(33)22(28)14(16)2)23(27(3,29)30)38-25(21)32-13-31-24/h6-11,13,19,33H,5,12H2,1-4H3/t19-/m1/s1. The normalized spacial score (nSPS) is 12.4. The van der Waals surface area contributed by atoms with E-state index in [1.165, 1.54) is 25.6 Å². The first-order valence-electron chi connectivity index (χ1n) is 11.7. The van der Waals surface area contributed by atoms with Crippen LogP contribution in [-0.2, 0) is 21.9 Å². The number of benzene rings is 2. The van der Waals surface area contributed by atoms with Crippen LogP contribution in [0.1, 0.15) is 29.9 Å². The summed E-state index contributed by atoms with van der Waals surface area (Å²) < 4.78 is 46.6. The summed E-state index contributed by atoms with van der Waals surface area (Å²) in [6, 6.07) is 9.97. The average molecular weight is 563 g/mol.